The van der Waals surface area contributed by atoms with E-state index in [1.807, 2.05) is 4.90 Å². The number of aromatic carboxylic acids is 1. The Kier molecular flexibility index (Phi) is 7.47. The van der Waals surface area contributed by atoms with E-state index in [4.69, 9.17) is 28.9 Å². The first-order valence-electron chi connectivity index (χ1n) is 11.0. The number of ketones is 1. The molecule has 1 unspecified atom stereocenters. The molecule has 8 nitrogen and oxygen atoms in total. The number of Topliss-reactive ketones (excluding diaryl/α,β-unsaturated/α-hetero) is 1. The molecule has 0 aliphatic carbocycles. The molecule has 13 heteroatoms. The number of piperidine rings is 1. The zero-order valence-corrected chi connectivity index (χ0v) is 20.5. The Morgan fingerprint density at radius 3 is 2.46 bits per heavy atom. The molecule has 3 heterocycles. The van der Waals surface area contributed by atoms with E-state index in [-0.39, 0.29) is 23.2 Å². The van der Waals surface area contributed by atoms with E-state index in [0.717, 1.165) is 6.07 Å². The van der Waals surface area contributed by atoms with Crippen LogP contribution < -0.4 is 16.0 Å². The van der Waals surface area contributed by atoms with Crippen molar-refractivity contribution in [2.75, 3.05) is 29.0 Å². The number of nitrogens with zero attached hydrogens (tertiary/aromatic N) is 3. The third kappa shape index (κ3) is 5.89. The van der Waals surface area contributed by atoms with Crippen LogP contribution in [0.4, 0.5) is 30.6 Å². The van der Waals surface area contributed by atoms with Gasteiger partial charge in [-0.1, -0.05) is 23.2 Å². The number of rotatable bonds is 6. The average Bonchev–Trinajstić information content (AvgIpc) is 2.83. The van der Waals surface area contributed by atoms with Crippen LogP contribution in [-0.4, -0.2) is 52.1 Å². The molecule has 0 amide bonds. The van der Waals surface area contributed by atoms with Gasteiger partial charge in [0, 0.05) is 29.7 Å². The van der Waals surface area contributed by atoms with E-state index in [1.165, 1.54) is 12.1 Å². The maximum absolute atomic E-state index is 12.7. The minimum absolute atomic E-state index is 0.00636. The second-order valence-electron chi connectivity index (χ2n) is 8.38. The van der Waals surface area contributed by atoms with Gasteiger partial charge >= 0.3 is 12.1 Å². The van der Waals surface area contributed by atoms with Gasteiger partial charge < -0.3 is 21.1 Å². The number of carboxylic acid groups (broad SMARTS) is 1. The number of carboxylic acids is 1. The summed E-state index contributed by atoms with van der Waals surface area (Å²) in [7, 11) is 0. The quantitative estimate of drug-likeness (QED) is 0.339. The predicted molar refractivity (Wildman–Crippen MR) is 135 cm³/mol. The maximum atomic E-state index is 12.7. The van der Waals surface area contributed by atoms with E-state index in [2.05, 4.69) is 15.3 Å². The Morgan fingerprint density at radius 2 is 1.81 bits per heavy atom. The van der Waals surface area contributed by atoms with Gasteiger partial charge in [0.05, 0.1) is 16.3 Å². The van der Waals surface area contributed by atoms with Crippen molar-refractivity contribution in [1.29, 1.82) is 0 Å². The third-order valence-electron chi connectivity index (χ3n) is 5.81. The summed E-state index contributed by atoms with van der Waals surface area (Å²) >= 11 is 12.3. The summed E-state index contributed by atoms with van der Waals surface area (Å²) in [5, 5.41) is 13.7. The van der Waals surface area contributed by atoms with Crippen LogP contribution >= 0.6 is 23.2 Å². The van der Waals surface area contributed by atoms with E-state index < -0.39 is 29.3 Å². The molecular weight excluding hydrogens is 534 g/mol. The minimum atomic E-state index is -5.06. The van der Waals surface area contributed by atoms with Crippen molar-refractivity contribution in [3.05, 3.63) is 63.6 Å². The first kappa shape index (κ1) is 26.5. The molecule has 2 aromatic heterocycles. The van der Waals surface area contributed by atoms with Crippen LogP contribution in [0.25, 0.3) is 11.3 Å². The summed E-state index contributed by atoms with van der Waals surface area (Å²) in [5.41, 5.74) is 5.95. The predicted octanol–water partition coefficient (Wildman–Crippen LogP) is 5.56. The number of nitrogens with one attached hydrogen (secondary N) is 1. The first-order chi connectivity index (χ1) is 17.4. The lowest BCUT2D eigenvalue weighted by atomic mass is 10.0. The lowest BCUT2D eigenvalue weighted by Gasteiger charge is -2.35. The molecule has 194 valence electrons. The standard InChI is InChI=1S/C24H20Cl2F3N5O3/c25-12-3-4-14(17(26)10-12)18-7-5-16(23(36)37)22(32-18)34-9-1-2-13(11-34)31-19-8-6-15(21(30)33-19)20(35)24(27,28)29/h3-8,10,13H,1-2,9,11H2,(H,36,37)(H3,30,31,33). The van der Waals surface area contributed by atoms with Crippen molar-refractivity contribution in [3.63, 3.8) is 0 Å². The summed E-state index contributed by atoms with van der Waals surface area (Å²) in [4.78, 5) is 33.7. The fourth-order valence-electron chi connectivity index (χ4n) is 4.10. The number of anilines is 3. The normalized spacial score (nSPS) is 15.9. The Balaban J connectivity index is 1.58. The number of halogens is 5. The fourth-order valence-corrected chi connectivity index (χ4v) is 4.61. The van der Waals surface area contributed by atoms with E-state index in [9.17, 15) is 27.9 Å². The van der Waals surface area contributed by atoms with Gasteiger partial charge in [0.15, 0.2) is 0 Å². The van der Waals surface area contributed by atoms with E-state index in [0.29, 0.717) is 47.2 Å². The SMILES string of the molecule is Nc1nc(NC2CCCN(c3nc(-c4ccc(Cl)cc4Cl)ccc3C(=O)O)C2)ccc1C(=O)C(F)(F)F. The Labute approximate surface area is 219 Å². The molecule has 0 bridgehead atoms. The molecule has 37 heavy (non-hydrogen) atoms. The minimum Gasteiger partial charge on any atom is -0.478 e. The molecule has 1 aromatic carbocycles. The van der Waals surface area contributed by atoms with Crippen LogP contribution in [0.1, 0.15) is 33.6 Å². The number of carbonyl (C=O) groups excluding carboxylic acids is 1. The van der Waals surface area contributed by atoms with Crippen LogP contribution in [0, 0.1) is 0 Å². The zero-order valence-electron chi connectivity index (χ0n) is 19.0. The van der Waals surface area contributed by atoms with Gasteiger partial charge in [-0.25, -0.2) is 14.8 Å². The second kappa shape index (κ2) is 10.4. The Hall–Kier alpha value is -3.57. The highest BCUT2D eigenvalue weighted by atomic mass is 35.5. The van der Waals surface area contributed by atoms with Crippen molar-refractivity contribution in [2.24, 2.45) is 0 Å². The number of aromatic nitrogens is 2. The van der Waals surface area contributed by atoms with Crippen molar-refractivity contribution in [2.45, 2.75) is 25.1 Å². The van der Waals surface area contributed by atoms with Gasteiger partial charge in [-0.15, -0.1) is 0 Å². The molecule has 1 atom stereocenters. The van der Waals surface area contributed by atoms with Gasteiger partial charge in [-0.05, 0) is 55.3 Å². The largest absolute Gasteiger partial charge is 0.478 e. The van der Waals surface area contributed by atoms with Crippen LogP contribution in [0.5, 0.6) is 0 Å². The molecule has 1 aliphatic heterocycles. The van der Waals surface area contributed by atoms with Crippen molar-refractivity contribution in [3.8, 4) is 11.3 Å². The number of benzene rings is 1. The lowest BCUT2D eigenvalue weighted by Crippen LogP contribution is -2.43. The molecule has 1 saturated heterocycles. The summed E-state index contributed by atoms with van der Waals surface area (Å²) in [5.74, 6) is -3.31. The second-order valence-corrected chi connectivity index (χ2v) is 9.23. The van der Waals surface area contributed by atoms with Crippen molar-refractivity contribution in [1.82, 2.24) is 9.97 Å². The Bertz CT molecular complexity index is 1370. The smallest absolute Gasteiger partial charge is 0.455 e. The number of carbonyl (C=O) groups is 2. The molecule has 1 fully saturated rings. The third-order valence-corrected chi connectivity index (χ3v) is 6.36. The molecule has 0 saturated carbocycles. The molecule has 4 rings (SSSR count). The van der Waals surface area contributed by atoms with Gasteiger partial charge in [0.2, 0.25) is 0 Å². The maximum Gasteiger partial charge on any atom is 0.455 e. The fraction of sp³-hybridized carbons (Fsp3) is 0.250. The van der Waals surface area contributed by atoms with Gasteiger partial charge in [-0.2, -0.15) is 13.2 Å². The Morgan fingerprint density at radius 1 is 1.08 bits per heavy atom. The summed E-state index contributed by atoms with van der Waals surface area (Å²) in [6.45, 7) is 0.855. The van der Waals surface area contributed by atoms with Gasteiger partial charge in [0.1, 0.15) is 23.0 Å². The number of nitrogens with two attached hydrogens (primary N) is 1. The summed E-state index contributed by atoms with van der Waals surface area (Å²) in [6.07, 6.45) is -3.72. The van der Waals surface area contributed by atoms with Crippen LogP contribution in [0.3, 0.4) is 0 Å². The number of alkyl halides is 3. The van der Waals surface area contributed by atoms with Crippen LogP contribution in [-0.2, 0) is 0 Å². The number of hydrogen-bond donors (Lipinski definition) is 3. The lowest BCUT2D eigenvalue weighted by molar-refractivity contribution is -0.0884. The molecule has 0 spiro atoms. The number of pyridine rings is 2. The first-order valence-corrected chi connectivity index (χ1v) is 11.8. The molecule has 0 radical (unpaired) electrons. The number of nitrogen functional groups attached to an aromatic ring is 1. The highest BCUT2D eigenvalue weighted by molar-refractivity contribution is 6.36. The monoisotopic (exact) mass is 553 g/mol. The zero-order chi connectivity index (χ0) is 26.9. The van der Waals surface area contributed by atoms with E-state index in [1.54, 1.807) is 24.3 Å². The highest BCUT2D eigenvalue weighted by Crippen LogP contribution is 2.33. The average molecular weight is 554 g/mol. The summed E-state index contributed by atoms with van der Waals surface area (Å²) in [6, 6.07) is 9.92. The van der Waals surface area contributed by atoms with Crippen LogP contribution in [0.2, 0.25) is 10.0 Å². The molecular formula is C24H20Cl2F3N5O3. The highest BCUT2D eigenvalue weighted by Gasteiger charge is 2.40. The van der Waals surface area contributed by atoms with Crippen molar-refractivity contribution < 1.29 is 27.9 Å². The molecule has 1 aliphatic rings. The van der Waals surface area contributed by atoms with Gasteiger partial charge in [0.25, 0.3) is 5.78 Å². The molecule has 4 N–H and O–H groups in total. The molecule has 3 aromatic rings. The summed E-state index contributed by atoms with van der Waals surface area (Å²) < 4.78 is 38.2. The van der Waals surface area contributed by atoms with Gasteiger partial charge in [-0.3, -0.25) is 4.79 Å². The number of hydrogen-bond acceptors (Lipinski definition) is 7. The topological polar surface area (TPSA) is 121 Å². The van der Waals surface area contributed by atoms with E-state index >= 15 is 0 Å². The van der Waals surface area contributed by atoms with Crippen molar-refractivity contribution >= 4 is 52.4 Å². The van der Waals surface area contributed by atoms with Crippen LogP contribution in [0.15, 0.2) is 42.5 Å².